The molecule has 1 saturated heterocycles. The van der Waals surface area contributed by atoms with Crippen molar-refractivity contribution in [3.63, 3.8) is 0 Å². The molecule has 11 heteroatoms. The molecule has 0 spiro atoms. The van der Waals surface area contributed by atoms with Crippen LogP contribution in [0.15, 0.2) is 29.1 Å². The van der Waals surface area contributed by atoms with Gasteiger partial charge in [-0.3, -0.25) is 19.2 Å². The lowest BCUT2D eigenvalue weighted by Gasteiger charge is -2.30. The van der Waals surface area contributed by atoms with Crippen LogP contribution in [0.3, 0.4) is 0 Å². The molecular formula is C31H39N3O8. The lowest BCUT2D eigenvalue weighted by molar-refractivity contribution is -0.145. The van der Waals surface area contributed by atoms with Crippen LogP contribution in [0.5, 0.6) is 17.2 Å². The summed E-state index contributed by atoms with van der Waals surface area (Å²) in [6, 6.07) is 6.63. The number of ether oxygens (including phenoxy) is 3. The van der Waals surface area contributed by atoms with Gasteiger partial charge in [-0.25, -0.2) is 0 Å². The van der Waals surface area contributed by atoms with Crippen LogP contribution in [0, 0.1) is 5.92 Å². The van der Waals surface area contributed by atoms with Crippen LogP contribution in [-0.4, -0.2) is 68.8 Å². The van der Waals surface area contributed by atoms with E-state index < -0.39 is 12.0 Å². The van der Waals surface area contributed by atoms with E-state index in [9.17, 15) is 19.2 Å². The third-order valence-electron chi connectivity index (χ3n) is 8.00. The zero-order valence-corrected chi connectivity index (χ0v) is 24.6. The lowest BCUT2D eigenvalue weighted by Crippen LogP contribution is -2.40. The predicted octanol–water partition coefficient (Wildman–Crippen LogP) is 3.38. The molecule has 1 heterocycles. The summed E-state index contributed by atoms with van der Waals surface area (Å²) in [6.07, 6.45) is 2.92. The van der Waals surface area contributed by atoms with Crippen molar-refractivity contribution in [2.24, 2.45) is 5.92 Å². The third kappa shape index (κ3) is 6.61. The summed E-state index contributed by atoms with van der Waals surface area (Å²) in [5.41, 5.74) is 3.27. The number of likely N-dealkylation sites (tertiary alicyclic amines) is 1. The van der Waals surface area contributed by atoms with E-state index in [1.54, 1.807) is 31.3 Å². The molecule has 42 heavy (non-hydrogen) atoms. The molecule has 1 aliphatic carbocycles. The number of hydrogen-bond acceptors (Lipinski definition) is 8. The topological polar surface area (TPSA) is 144 Å². The van der Waals surface area contributed by atoms with Gasteiger partial charge < -0.3 is 34.9 Å². The van der Waals surface area contributed by atoms with Crippen LogP contribution in [0.1, 0.15) is 56.2 Å². The van der Waals surface area contributed by atoms with Gasteiger partial charge in [-0.1, -0.05) is 6.07 Å². The number of hydrogen-bond donors (Lipinski definition) is 3. The Balaban J connectivity index is 1.59. The zero-order chi connectivity index (χ0) is 30.4. The summed E-state index contributed by atoms with van der Waals surface area (Å²) in [4.78, 5) is 51.1. The Kier molecular flexibility index (Phi) is 9.92. The largest absolute Gasteiger partial charge is 0.493 e. The second-order valence-electron chi connectivity index (χ2n) is 10.6. The summed E-state index contributed by atoms with van der Waals surface area (Å²) in [5.74, 6) is 0.0355. The van der Waals surface area contributed by atoms with Crippen LogP contribution in [-0.2, 0) is 20.8 Å². The second-order valence-corrected chi connectivity index (χ2v) is 10.6. The number of methoxy groups -OCH3 is 3. The van der Waals surface area contributed by atoms with Crippen molar-refractivity contribution >= 4 is 23.5 Å². The van der Waals surface area contributed by atoms with Crippen LogP contribution < -0.4 is 30.3 Å². The summed E-state index contributed by atoms with van der Waals surface area (Å²) in [7, 11) is 4.65. The molecule has 1 aliphatic heterocycles. The molecule has 2 amide bonds. The fourth-order valence-electron chi connectivity index (χ4n) is 5.85. The molecule has 1 fully saturated rings. The minimum absolute atomic E-state index is 0.0143. The Morgan fingerprint density at radius 1 is 1.00 bits per heavy atom. The van der Waals surface area contributed by atoms with E-state index in [1.807, 2.05) is 12.1 Å². The van der Waals surface area contributed by atoms with Gasteiger partial charge in [-0.05, 0) is 67.0 Å². The molecule has 1 atom stereocenters. The summed E-state index contributed by atoms with van der Waals surface area (Å²) in [5, 5.41) is 15.3. The van der Waals surface area contributed by atoms with E-state index in [4.69, 9.17) is 19.3 Å². The van der Waals surface area contributed by atoms with Crippen molar-refractivity contribution in [2.45, 2.75) is 51.5 Å². The number of piperidine rings is 1. The number of carboxylic acids is 1. The van der Waals surface area contributed by atoms with E-state index >= 15 is 0 Å². The maximum atomic E-state index is 13.4. The predicted molar refractivity (Wildman–Crippen MR) is 157 cm³/mol. The molecule has 226 valence electrons. The molecule has 2 aromatic carbocycles. The molecule has 11 nitrogen and oxygen atoms in total. The highest BCUT2D eigenvalue weighted by Crippen LogP contribution is 2.50. The fourth-order valence-corrected chi connectivity index (χ4v) is 5.85. The SMILES string of the molecule is COc1cc2c(c(OC)c1OC)-c1ccc(NCCCC(=O)N3CCC(C(=O)O)CC3)c(=O)cc1[C@H](NC(C)=O)CC2. The van der Waals surface area contributed by atoms with Crippen molar-refractivity contribution < 1.29 is 33.7 Å². The molecule has 3 N–H and O–H groups in total. The first-order valence-corrected chi connectivity index (χ1v) is 14.2. The Morgan fingerprint density at radius 2 is 1.71 bits per heavy atom. The maximum absolute atomic E-state index is 13.4. The smallest absolute Gasteiger partial charge is 0.306 e. The minimum Gasteiger partial charge on any atom is -0.493 e. The van der Waals surface area contributed by atoms with E-state index in [1.165, 1.54) is 14.0 Å². The Hall–Kier alpha value is -4.28. The van der Waals surface area contributed by atoms with E-state index in [0.717, 1.165) is 16.7 Å². The molecule has 0 aromatic heterocycles. The van der Waals surface area contributed by atoms with Crippen LogP contribution in [0.2, 0.25) is 0 Å². The quantitative estimate of drug-likeness (QED) is 0.360. The summed E-state index contributed by atoms with van der Waals surface area (Å²) in [6.45, 7) is 2.76. The molecular weight excluding hydrogens is 542 g/mol. The maximum Gasteiger partial charge on any atom is 0.306 e. The molecule has 0 bridgehead atoms. The van der Waals surface area contributed by atoms with Gasteiger partial charge in [0.2, 0.25) is 23.0 Å². The monoisotopic (exact) mass is 581 g/mol. The number of nitrogens with zero attached hydrogens (tertiary/aromatic N) is 1. The van der Waals surface area contributed by atoms with E-state index in [-0.39, 0.29) is 23.2 Å². The van der Waals surface area contributed by atoms with E-state index in [0.29, 0.717) is 86.7 Å². The van der Waals surface area contributed by atoms with Crippen molar-refractivity contribution in [3.05, 3.63) is 45.6 Å². The molecule has 2 aromatic rings. The van der Waals surface area contributed by atoms with Gasteiger partial charge in [0, 0.05) is 38.5 Å². The van der Waals surface area contributed by atoms with E-state index in [2.05, 4.69) is 10.6 Å². The first-order chi connectivity index (χ1) is 20.2. The first kappa shape index (κ1) is 30.7. The van der Waals surface area contributed by atoms with Crippen LogP contribution in [0.25, 0.3) is 11.1 Å². The minimum atomic E-state index is -0.808. The number of carboxylic acid groups (broad SMARTS) is 1. The third-order valence-corrected chi connectivity index (χ3v) is 8.00. The number of anilines is 1. The Morgan fingerprint density at radius 3 is 2.33 bits per heavy atom. The standard InChI is InChI=1S/C31H39N3O8/c1-18(35)33-23-9-7-20-16-26(40-2)29(41-3)30(42-4)28(20)21-8-10-24(25(36)17-22(21)23)32-13-5-6-27(37)34-14-11-19(12-15-34)31(38)39/h8,10,16-17,19,23H,5-7,9,11-15H2,1-4H3,(H,32,36)(H,33,35)(H,38,39)/t23-/m1/s1. The van der Waals surface area contributed by atoms with Crippen LogP contribution in [0.4, 0.5) is 5.69 Å². The molecule has 4 rings (SSSR count). The number of carbonyl (C=O) groups is 3. The highest BCUT2D eigenvalue weighted by molar-refractivity contribution is 5.84. The van der Waals surface area contributed by atoms with Gasteiger partial charge in [0.15, 0.2) is 11.5 Å². The normalized spacial score (nSPS) is 16.4. The number of aliphatic carboxylic acids is 1. The highest BCUT2D eigenvalue weighted by atomic mass is 16.5. The number of carbonyl (C=O) groups excluding carboxylic acids is 2. The number of aryl methyl sites for hydroxylation is 1. The molecule has 0 radical (unpaired) electrons. The van der Waals surface area contributed by atoms with Gasteiger partial charge in [-0.2, -0.15) is 0 Å². The van der Waals surface area contributed by atoms with Gasteiger partial charge in [0.05, 0.1) is 39.0 Å². The highest BCUT2D eigenvalue weighted by Gasteiger charge is 2.30. The number of amides is 2. The number of fused-ring (bicyclic) bond motifs is 3. The van der Waals surface area contributed by atoms with Gasteiger partial charge in [0.1, 0.15) is 0 Å². The Bertz CT molecular complexity index is 1400. The Labute approximate surface area is 245 Å². The van der Waals surface area contributed by atoms with Crippen molar-refractivity contribution in [2.75, 3.05) is 46.3 Å². The van der Waals surface area contributed by atoms with Crippen molar-refractivity contribution in [3.8, 4) is 28.4 Å². The number of nitrogens with one attached hydrogen (secondary N) is 2. The molecule has 0 saturated carbocycles. The summed E-state index contributed by atoms with van der Waals surface area (Å²) < 4.78 is 17.0. The number of benzene rings is 1. The average molecular weight is 582 g/mol. The zero-order valence-electron chi connectivity index (χ0n) is 24.6. The lowest BCUT2D eigenvalue weighted by atomic mass is 9.95. The fraction of sp³-hybridized carbons (Fsp3) is 0.484. The van der Waals surface area contributed by atoms with Crippen molar-refractivity contribution in [1.82, 2.24) is 10.2 Å². The van der Waals surface area contributed by atoms with Gasteiger partial charge in [0.25, 0.3) is 0 Å². The molecule has 0 unspecified atom stereocenters. The average Bonchev–Trinajstić information content (AvgIpc) is 3.22. The summed E-state index contributed by atoms with van der Waals surface area (Å²) >= 11 is 0. The first-order valence-electron chi connectivity index (χ1n) is 14.2. The van der Waals surface area contributed by atoms with Crippen molar-refractivity contribution in [1.29, 1.82) is 0 Å². The van der Waals surface area contributed by atoms with Gasteiger partial charge in [-0.15, -0.1) is 0 Å². The van der Waals surface area contributed by atoms with Crippen LogP contribution >= 0.6 is 0 Å². The second kappa shape index (κ2) is 13.6. The van der Waals surface area contributed by atoms with Gasteiger partial charge >= 0.3 is 5.97 Å². The number of rotatable bonds is 10. The molecule has 2 aliphatic rings.